The van der Waals surface area contributed by atoms with Gasteiger partial charge in [-0.2, -0.15) is 0 Å². The van der Waals surface area contributed by atoms with E-state index in [2.05, 4.69) is 9.80 Å². The molecule has 2 amide bonds. The van der Waals surface area contributed by atoms with Gasteiger partial charge < -0.3 is 9.80 Å². The maximum absolute atomic E-state index is 12.5. The Labute approximate surface area is 140 Å². The zero-order valence-corrected chi connectivity index (χ0v) is 14.3. The first-order valence-corrected chi connectivity index (χ1v) is 9.53. The molecule has 0 radical (unpaired) electrons. The molecule has 0 bridgehead atoms. The van der Waals surface area contributed by atoms with Gasteiger partial charge in [0.2, 0.25) is 11.8 Å². The van der Waals surface area contributed by atoms with E-state index < -0.39 is 0 Å². The SMILES string of the molecule is O=C(CN1CCC(C(=O)N2CCCC2)CC1)N1CCCCCC1. The van der Waals surface area contributed by atoms with E-state index in [1.54, 1.807) is 0 Å². The normalized spacial score (nSPS) is 24.7. The lowest BCUT2D eigenvalue weighted by molar-refractivity contribution is -0.136. The lowest BCUT2D eigenvalue weighted by atomic mass is 9.95. The van der Waals surface area contributed by atoms with Crippen LogP contribution in [0.1, 0.15) is 51.4 Å². The van der Waals surface area contributed by atoms with Crippen molar-refractivity contribution >= 4 is 11.8 Å². The quantitative estimate of drug-likeness (QED) is 0.795. The second-order valence-electron chi connectivity index (χ2n) is 7.38. The summed E-state index contributed by atoms with van der Waals surface area (Å²) in [4.78, 5) is 31.2. The van der Waals surface area contributed by atoms with E-state index in [0.717, 1.165) is 77.8 Å². The van der Waals surface area contributed by atoms with Crippen LogP contribution in [0, 0.1) is 5.92 Å². The highest BCUT2D eigenvalue weighted by atomic mass is 16.2. The van der Waals surface area contributed by atoms with Crippen molar-refractivity contribution in [2.45, 2.75) is 51.4 Å². The van der Waals surface area contributed by atoms with Crippen LogP contribution in [0.4, 0.5) is 0 Å². The van der Waals surface area contributed by atoms with Crippen LogP contribution in [0.25, 0.3) is 0 Å². The fraction of sp³-hybridized carbons (Fsp3) is 0.889. The molecule has 0 spiro atoms. The summed E-state index contributed by atoms with van der Waals surface area (Å²) in [6.45, 7) is 6.10. The topological polar surface area (TPSA) is 43.9 Å². The van der Waals surface area contributed by atoms with Gasteiger partial charge in [0.15, 0.2) is 0 Å². The fourth-order valence-corrected chi connectivity index (χ4v) is 4.15. The van der Waals surface area contributed by atoms with Gasteiger partial charge in [0.05, 0.1) is 6.54 Å². The average Bonchev–Trinajstić information content (AvgIpc) is 2.97. The minimum atomic E-state index is 0.192. The summed E-state index contributed by atoms with van der Waals surface area (Å²) in [5.41, 5.74) is 0. The van der Waals surface area contributed by atoms with Crippen molar-refractivity contribution in [1.29, 1.82) is 0 Å². The Morgan fingerprint density at radius 3 is 1.83 bits per heavy atom. The smallest absolute Gasteiger partial charge is 0.236 e. The summed E-state index contributed by atoms with van der Waals surface area (Å²) in [6, 6.07) is 0. The lowest BCUT2D eigenvalue weighted by Gasteiger charge is -2.33. The van der Waals surface area contributed by atoms with E-state index in [1.165, 1.54) is 12.8 Å². The molecular weight excluding hydrogens is 290 g/mol. The molecule has 5 heteroatoms. The van der Waals surface area contributed by atoms with Crippen molar-refractivity contribution < 1.29 is 9.59 Å². The van der Waals surface area contributed by atoms with Gasteiger partial charge in [-0.3, -0.25) is 14.5 Å². The summed E-state index contributed by atoms with van der Waals surface area (Å²) in [5, 5.41) is 0. The van der Waals surface area contributed by atoms with Crippen molar-refractivity contribution in [3.8, 4) is 0 Å². The molecule has 5 nitrogen and oxygen atoms in total. The first-order chi connectivity index (χ1) is 11.2. The molecular formula is C18H31N3O2. The molecule has 3 saturated heterocycles. The number of amides is 2. The number of hydrogen-bond acceptors (Lipinski definition) is 3. The second kappa shape index (κ2) is 8.13. The van der Waals surface area contributed by atoms with E-state index >= 15 is 0 Å². The highest BCUT2D eigenvalue weighted by Gasteiger charge is 2.30. The Morgan fingerprint density at radius 2 is 1.22 bits per heavy atom. The number of rotatable bonds is 3. The number of likely N-dealkylation sites (tertiary alicyclic amines) is 3. The maximum Gasteiger partial charge on any atom is 0.236 e. The van der Waals surface area contributed by atoms with Crippen molar-refractivity contribution in [1.82, 2.24) is 14.7 Å². The van der Waals surface area contributed by atoms with Gasteiger partial charge in [0.25, 0.3) is 0 Å². The van der Waals surface area contributed by atoms with Crippen molar-refractivity contribution in [2.75, 3.05) is 45.8 Å². The number of carbonyl (C=O) groups is 2. The Bertz CT molecular complexity index is 404. The maximum atomic E-state index is 12.5. The monoisotopic (exact) mass is 321 g/mol. The molecule has 3 aliphatic heterocycles. The molecule has 0 aliphatic carbocycles. The number of piperidine rings is 1. The zero-order valence-electron chi connectivity index (χ0n) is 14.3. The van der Waals surface area contributed by atoms with Crippen LogP contribution in [0.5, 0.6) is 0 Å². The van der Waals surface area contributed by atoms with Gasteiger partial charge >= 0.3 is 0 Å². The van der Waals surface area contributed by atoms with Gasteiger partial charge in [-0.25, -0.2) is 0 Å². The van der Waals surface area contributed by atoms with Gasteiger partial charge in [-0.05, 0) is 51.6 Å². The summed E-state index contributed by atoms with van der Waals surface area (Å²) in [6.07, 6.45) is 8.98. The van der Waals surface area contributed by atoms with E-state index in [-0.39, 0.29) is 11.8 Å². The van der Waals surface area contributed by atoms with Crippen molar-refractivity contribution in [3.63, 3.8) is 0 Å². The molecule has 3 heterocycles. The number of hydrogen-bond donors (Lipinski definition) is 0. The lowest BCUT2D eigenvalue weighted by Crippen LogP contribution is -2.46. The molecule has 0 unspecified atom stereocenters. The molecule has 0 aromatic carbocycles. The first-order valence-electron chi connectivity index (χ1n) is 9.53. The average molecular weight is 321 g/mol. The zero-order chi connectivity index (χ0) is 16.1. The third kappa shape index (κ3) is 4.46. The summed E-state index contributed by atoms with van der Waals surface area (Å²) in [7, 11) is 0. The summed E-state index contributed by atoms with van der Waals surface area (Å²) >= 11 is 0. The number of carbonyl (C=O) groups excluding carboxylic acids is 2. The largest absolute Gasteiger partial charge is 0.342 e. The predicted molar refractivity (Wildman–Crippen MR) is 90.0 cm³/mol. The highest BCUT2D eigenvalue weighted by molar-refractivity contribution is 5.80. The van der Waals surface area contributed by atoms with Crippen LogP contribution < -0.4 is 0 Å². The Morgan fingerprint density at radius 1 is 0.696 bits per heavy atom. The molecule has 0 aromatic rings. The Balaban J connectivity index is 1.41. The van der Waals surface area contributed by atoms with Crippen molar-refractivity contribution in [2.24, 2.45) is 5.92 Å². The van der Waals surface area contributed by atoms with Crippen LogP contribution in [0.2, 0.25) is 0 Å². The second-order valence-corrected chi connectivity index (χ2v) is 7.38. The van der Waals surface area contributed by atoms with Crippen LogP contribution in [0.3, 0.4) is 0 Å². The molecule has 0 aromatic heterocycles. The Hall–Kier alpha value is -1.10. The van der Waals surface area contributed by atoms with Gasteiger partial charge in [-0.15, -0.1) is 0 Å². The minimum absolute atomic E-state index is 0.192. The number of nitrogens with zero attached hydrogens (tertiary/aromatic N) is 3. The van der Waals surface area contributed by atoms with Crippen LogP contribution in [0.15, 0.2) is 0 Å². The van der Waals surface area contributed by atoms with E-state index in [0.29, 0.717) is 12.5 Å². The van der Waals surface area contributed by atoms with Gasteiger partial charge in [-0.1, -0.05) is 12.8 Å². The van der Waals surface area contributed by atoms with E-state index in [9.17, 15) is 9.59 Å². The third-order valence-electron chi connectivity index (χ3n) is 5.67. The molecule has 3 rings (SSSR count). The third-order valence-corrected chi connectivity index (χ3v) is 5.67. The Kier molecular flexibility index (Phi) is 5.92. The highest BCUT2D eigenvalue weighted by Crippen LogP contribution is 2.22. The van der Waals surface area contributed by atoms with E-state index in [4.69, 9.17) is 0 Å². The fourth-order valence-electron chi connectivity index (χ4n) is 4.15. The summed E-state index contributed by atoms with van der Waals surface area (Å²) < 4.78 is 0. The van der Waals surface area contributed by atoms with Crippen LogP contribution in [-0.4, -0.2) is 72.3 Å². The van der Waals surface area contributed by atoms with Gasteiger partial charge in [0, 0.05) is 32.1 Å². The predicted octanol–water partition coefficient (Wildman–Crippen LogP) is 1.72. The van der Waals surface area contributed by atoms with Crippen LogP contribution in [-0.2, 0) is 9.59 Å². The molecule has 3 aliphatic rings. The first kappa shape index (κ1) is 16.7. The molecule has 0 atom stereocenters. The molecule has 0 N–H and O–H groups in total. The standard InChI is InChI=1S/C18H31N3O2/c22-17(20-9-3-1-2-4-10-20)15-19-13-7-16(8-14-19)18(23)21-11-5-6-12-21/h16H,1-15H2. The van der Waals surface area contributed by atoms with E-state index in [1.807, 2.05) is 4.90 Å². The van der Waals surface area contributed by atoms with Crippen LogP contribution >= 0.6 is 0 Å². The molecule has 23 heavy (non-hydrogen) atoms. The summed E-state index contributed by atoms with van der Waals surface area (Å²) in [5.74, 6) is 0.842. The molecule has 0 saturated carbocycles. The van der Waals surface area contributed by atoms with Crippen molar-refractivity contribution in [3.05, 3.63) is 0 Å². The minimum Gasteiger partial charge on any atom is -0.342 e. The molecule has 3 fully saturated rings. The van der Waals surface area contributed by atoms with Gasteiger partial charge in [0.1, 0.15) is 0 Å². The molecule has 130 valence electrons.